The first-order chi connectivity index (χ1) is 12.5. The van der Waals surface area contributed by atoms with Gasteiger partial charge in [0.2, 0.25) is 11.8 Å². The van der Waals surface area contributed by atoms with Gasteiger partial charge in [0.15, 0.2) is 5.82 Å². The van der Waals surface area contributed by atoms with Gasteiger partial charge in [-0.3, -0.25) is 4.79 Å². The molecule has 0 bridgehead atoms. The molecule has 1 atom stereocenters. The fourth-order valence-electron chi connectivity index (χ4n) is 3.17. The van der Waals surface area contributed by atoms with Crippen LogP contribution in [0.1, 0.15) is 17.7 Å². The van der Waals surface area contributed by atoms with E-state index < -0.39 is 0 Å². The first-order valence-corrected chi connectivity index (χ1v) is 8.76. The van der Waals surface area contributed by atoms with Crippen LogP contribution in [-0.4, -0.2) is 69.3 Å². The van der Waals surface area contributed by atoms with Crippen LogP contribution >= 0.6 is 0 Å². The Hall–Kier alpha value is -2.67. The van der Waals surface area contributed by atoms with Gasteiger partial charge in [-0.15, -0.1) is 0 Å². The van der Waals surface area contributed by atoms with Crippen molar-refractivity contribution in [1.29, 1.82) is 0 Å². The summed E-state index contributed by atoms with van der Waals surface area (Å²) in [5.41, 5.74) is 1.69. The van der Waals surface area contributed by atoms with Crippen molar-refractivity contribution in [2.45, 2.75) is 25.3 Å². The van der Waals surface area contributed by atoms with Crippen molar-refractivity contribution in [3.63, 3.8) is 0 Å². The Morgan fingerprint density at radius 3 is 2.88 bits per heavy atom. The maximum atomic E-state index is 12.4. The maximum Gasteiger partial charge on any atom is 0.246 e. The van der Waals surface area contributed by atoms with Crippen molar-refractivity contribution in [2.24, 2.45) is 0 Å². The van der Waals surface area contributed by atoms with Crippen LogP contribution in [0.2, 0.25) is 0 Å². The fraction of sp³-hybridized carbons (Fsp3) is 0.421. The molecule has 1 aliphatic rings. The molecule has 1 unspecified atom stereocenters. The van der Waals surface area contributed by atoms with Crippen molar-refractivity contribution >= 4 is 5.91 Å². The molecule has 2 aromatic rings. The van der Waals surface area contributed by atoms with E-state index in [-0.39, 0.29) is 17.8 Å². The monoisotopic (exact) mass is 355 g/mol. The van der Waals surface area contributed by atoms with Crippen LogP contribution in [0.5, 0.6) is 5.88 Å². The summed E-state index contributed by atoms with van der Waals surface area (Å²) >= 11 is 0. The van der Waals surface area contributed by atoms with Gasteiger partial charge in [-0.1, -0.05) is 12.1 Å². The molecule has 1 N–H and O–H groups in total. The highest BCUT2D eigenvalue weighted by Crippen LogP contribution is 2.31. The average molecular weight is 355 g/mol. The highest BCUT2D eigenvalue weighted by atomic mass is 16.3. The van der Waals surface area contributed by atoms with Crippen LogP contribution in [0.15, 0.2) is 36.5 Å². The molecule has 0 radical (unpaired) electrons. The third kappa shape index (κ3) is 3.77. The molecule has 1 aliphatic carbocycles. The summed E-state index contributed by atoms with van der Waals surface area (Å²) in [6.07, 6.45) is 7.31. The number of carbonyl (C=O) groups excluding carboxylic acids is 1. The van der Waals surface area contributed by atoms with Crippen LogP contribution in [-0.2, 0) is 17.6 Å². The van der Waals surface area contributed by atoms with Gasteiger partial charge in [0.25, 0.3) is 0 Å². The van der Waals surface area contributed by atoms with Crippen molar-refractivity contribution < 1.29 is 9.90 Å². The number of carbonyl (C=O) groups is 1. The predicted octanol–water partition coefficient (Wildman–Crippen LogP) is 1.41. The quantitative estimate of drug-likeness (QED) is 0.821. The number of fused-ring (bicyclic) bond motifs is 1. The zero-order valence-electron chi connectivity index (χ0n) is 15.5. The van der Waals surface area contributed by atoms with Crippen molar-refractivity contribution in [2.75, 3.05) is 27.7 Å². The molecule has 7 heteroatoms. The van der Waals surface area contributed by atoms with E-state index in [1.807, 2.05) is 44.3 Å². The number of pyridine rings is 1. The lowest BCUT2D eigenvalue weighted by Crippen LogP contribution is -2.39. The van der Waals surface area contributed by atoms with Crippen LogP contribution < -0.4 is 0 Å². The van der Waals surface area contributed by atoms with Crippen LogP contribution in [0.25, 0.3) is 5.82 Å². The number of hydrogen-bond donors (Lipinski definition) is 1. The number of hydrogen-bond acceptors (Lipinski definition) is 5. The number of aromatic hydroxyl groups is 1. The second kappa shape index (κ2) is 7.70. The predicted molar refractivity (Wildman–Crippen MR) is 99.3 cm³/mol. The van der Waals surface area contributed by atoms with Gasteiger partial charge in [0.1, 0.15) is 0 Å². The summed E-state index contributed by atoms with van der Waals surface area (Å²) in [4.78, 5) is 20.4. The van der Waals surface area contributed by atoms with Gasteiger partial charge < -0.3 is 14.9 Å². The molecule has 26 heavy (non-hydrogen) atoms. The lowest BCUT2D eigenvalue weighted by molar-refractivity contribution is -0.127. The van der Waals surface area contributed by atoms with Gasteiger partial charge >= 0.3 is 0 Å². The third-order valence-corrected chi connectivity index (χ3v) is 4.69. The Morgan fingerprint density at radius 2 is 2.19 bits per heavy atom. The van der Waals surface area contributed by atoms with Gasteiger partial charge in [0.05, 0.1) is 5.69 Å². The topological polar surface area (TPSA) is 74.5 Å². The Bertz CT molecular complexity index is 798. The molecule has 0 aliphatic heterocycles. The molecule has 3 rings (SSSR count). The van der Waals surface area contributed by atoms with Crippen LogP contribution in [0.4, 0.5) is 0 Å². The molecule has 2 heterocycles. The molecule has 2 aromatic heterocycles. The van der Waals surface area contributed by atoms with Crippen molar-refractivity contribution in [3.05, 3.63) is 47.8 Å². The Balaban J connectivity index is 1.74. The molecule has 1 amide bonds. The summed E-state index contributed by atoms with van der Waals surface area (Å²) in [6.45, 7) is 0.728. The molecule has 0 saturated heterocycles. The molecule has 7 nitrogen and oxygen atoms in total. The maximum absolute atomic E-state index is 12.4. The number of nitrogens with zero attached hydrogens (tertiary/aromatic N) is 5. The number of likely N-dealkylation sites (N-methyl/N-ethyl adjacent to an activating group) is 2. The summed E-state index contributed by atoms with van der Waals surface area (Å²) in [6, 6.07) is 5.54. The lowest BCUT2D eigenvalue weighted by atomic mass is 9.92. The Kier molecular flexibility index (Phi) is 5.37. The summed E-state index contributed by atoms with van der Waals surface area (Å²) < 4.78 is 1.48. The summed E-state index contributed by atoms with van der Waals surface area (Å²) in [7, 11) is 5.74. The summed E-state index contributed by atoms with van der Waals surface area (Å²) in [5, 5.41) is 15.1. The molecule has 0 spiro atoms. The number of aromatic nitrogens is 3. The minimum Gasteiger partial charge on any atom is -0.493 e. The van der Waals surface area contributed by atoms with E-state index in [4.69, 9.17) is 0 Å². The lowest BCUT2D eigenvalue weighted by Gasteiger charge is -2.30. The second-order valence-electron chi connectivity index (χ2n) is 6.86. The fourth-order valence-corrected chi connectivity index (χ4v) is 3.17. The largest absolute Gasteiger partial charge is 0.493 e. The van der Waals surface area contributed by atoms with E-state index in [9.17, 15) is 9.90 Å². The normalized spacial score (nSPS) is 16.8. The molecule has 138 valence electrons. The van der Waals surface area contributed by atoms with Gasteiger partial charge in [0, 0.05) is 43.9 Å². The van der Waals surface area contributed by atoms with E-state index in [1.54, 1.807) is 23.2 Å². The highest BCUT2D eigenvalue weighted by Gasteiger charge is 2.30. The van der Waals surface area contributed by atoms with Gasteiger partial charge in [-0.25, -0.2) is 4.98 Å². The molecular weight excluding hydrogens is 330 g/mol. The first-order valence-electron chi connectivity index (χ1n) is 8.76. The van der Waals surface area contributed by atoms with Gasteiger partial charge in [-0.05, 0) is 39.1 Å². The van der Waals surface area contributed by atoms with E-state index in [2.05, 4.69) is 10.1 Å². The van der Waals surface area contributed by atoms with Gasteiger partial charge in [-0.2, -0.15) is 9.78 Å². The SMILES string of the molecule is CN(C)C/C=C/C(=O)N(C)C1CCc2nn(-c3ccccn3)c(O)c2C1. The Morgan fingerprint density at radius 1 is 1.38 bits per heavy atom. The highest BCUT2D eigenvalue weighted by molar-refractivity contribution is 5.87. The minimum atomic E-state index is -0.0168. The molecule has 0 saturated carbocycles. The van der Waals surface area contributed by atoms with E-state index in [0.717, 1.165) is 30.6 Å². The number of amides is 1. The molecule has 0 fully saturated rings. The Labute approximate surface area is 153 Å². The zero-order chi connectivity index (χ0) is 18.7. The smallest absolute Gasteiger partial charge is 0.246 e. The van der Waals surface area contributed by atoms with Crippen molar-refractivity contribution in [1.82, 2.24) is 24.6 Å². The van der Waals surface area contributed by atoms with Crippen LogP contribution in [0.3, 0.4) is 0 Å². The third-order valence-electron chi connectivity index (χ3n) is 4.69. The molecular formula is C19H25N5O2. The van der Waals surface area contributed by atoms with E-state index in [0.29, 0.717) is 12.2 Å². The van der Waals surface area contributed by atoms with E-state index >= 15 is 0 Å². The summed E-state index contributed by atoms with van der Waals surface area (Å²) in [5.74, 6) is 0.691. The van der Waals surface area contributed by atoms with E-state index in [1.165, 1.54) is 4.68 Å². The average Bonchev–Trinajstić information content (AvgIpc) is 2.97. The number of rotatable bonds is 5. The first kappa shape index (κ1) is 18.1. The zero-order valence-corrected chi connectivity index (χ0v) is 15.5. The second-order valence-corrected chi connectivity index (χ2v) is 6.86. The van der Waals surface area contributed by atoms with Crippen molar-refractivity contribution in [3.8, 4) is 11.7 Å². The number of aryl methyl sites for hydroxylation is 1. The van der Waals surface area contributed by atoms with Crippen LogP contribution in [0, 0.1) is 0 Å². The molecule has 0 aromatic carbocycles. The standard InChI is InChI=1S/C19H25N5O2/c1-22(2)12-6-8-18(25)23(3)14-9-10-16-15(13-14)19(26)24(21-16)17-7-4-5-11-20-17/h4-8,11,14,26H,9-10,12-13H2,1-3H3/b8-6+. The minimum absolute atomic E-state index is 0.0168.